The van der Waals surface area contributed by atoms with Crippen LogP contribution < -0.4 is 16.0 Å². The van der Waals surface area contributed by atoms with Gasteiger partial charge in [-0.25, -0.2) is 0 Å². The van der Waals surface area contributed by atoms with E-state index in [0.717, 1.165) is 49.4 Å². The fourth-order valence-electron chi connectivity index (χ4n) is 6.59. The van der Waals surface area contributed by atoms with Gasteiger partial charge in [-0.3, -0.25) is 9.69 Å². The zero-order chi connectivity index (χ0) is 35.6. The summed E-state index contributed by atoms with van der Waals surface area (Å²) in [7, 11) is 0. The lowest BCUT2D eigenvalue weighted by Crippen LogP contribution is -2.49. The van der Waals surface area contributed by atoms with Gasteiger partial charge in [-0.15, -0.1) is 0 Å². The number of carbonyl (C=O) groups is 1. The molecule has 0 aliphatic carbocycles. The summed E-state index contributed by atoms with van der Waals surface area (Å²) in [5, 5.41) is 20.2. The Morgan fingerprint density at radius 2 is 1.69 bits per heavy atom. The molecule has 2 atom stereocenters. The van der Waals surface area contributed by atoms with Crippen molar-refractivity contribution in [2.24, 2.45) is 0 Å². The number of nitriles is 1. The third-order valence-corrected chi connectivity index (χ3v) is 10.0. The summed E-state index contributed by atoms with van der Waals surface area (Å²) >= 11 is 6.63. The van der Waals surface area contributed by atoms with Gasteiger partial charge >= 0.3 is 0 Å². The smallest absolute Gasteiger partial charge is 0.253 e. The van der Waals surface area contributed by atoms with Crippen LogP contribution in [-0.2, 0) is 19.5 Å². The second-order valence-electron chi connectivity index (χ2n) is 13.6. The van der Waals surface area contributed by atoms with Crippen LogP contribution in [0, 0.1) is 18.3 Å². The zero-order valence-corrected chi connectivity index (χ0v) is 30.1. The molecule has 0 bridgehead atoms. The largest absolute Gasteiger partial charge is 0.460 e. The van der Waals surface area contributed by atoms with E-state index in [-0.39, 0.29) is 18.0 Å². The highest BCUT2D eigenvalue weighted by atomic mass is 35.5. The molecule has 1 amide bonds. The number of nitrogens with one attached hydrogen (secondary N) is 3. The van der Waals surface area contributed by atoms with E-state index in [1.807, 2.05) is 42.5 Å². The minimum Gasteiger partial charge on any atom is -0.460 e. The number of furan rings is 1. The Kier molecular flexibility index (Phi) is 12.4. The second kappa shape index (κ2) is 17.5. The Morgan fingerprint density at radius 1 is 0.941 bits per heavy atom. The molecule has 1 aliphatic heterocycles. The SMILES string of the molecule is Cc1ccc([C@@H](C)NCc2ccc(-c3ccc(Cl)c(C(=O)N[C@@H](CNC4CCN(Cc5ccccc5)CC4)Cc4ccc(C#N)cc4)c3)o2)cc1. The summed E-state index contributed by atoms with van der Waals surface area (Å²) < 4.78 is 6.20. The Morgan fingerprint density at radius 3 is 2.41 bits per heavy atom. The molecule has 1 aliphatic rings. The highest BCUT2D eigenvalue weighted by Crippen LogP contribution is 2.28. The first-order chi connectivity index (χ1) is 24.8. The van der Waals surface area contributed by atoms with E-state index >= 15 is 0 Å². The van der Waals surface area contributed by atoms with Crippen molar-refractivity contribution in [1.82, 2.24) is 20.9 Å². The molecule has 4 aromatic carbocycles. The number of aryl methyl sites for hydroxylation is 1. The standard InChI is InChI=1S/C43H46ClN5O2/c1-30-8-14-35(15-9-30)31(2)46-28-39-17-19-42(51-39)36-16-18-41(44)40(25-36)43(50)48-38(24-32-10-12-33(26-45)13-11-32)27-47-37-20-22-49(23-21-37)29-34-6-4-3-5-7-34/h3-19,25,31,37-38,46-47H,20-24,27-29H2,1-2H3,(H,48,50)/t31-,38-/m1/s1. The van der Waals surface area contributed by atoms with E-state index in [0.29, 0.717) is 47.5 Å². The van der Waals surface area contributed by atoms with Gasteiger partial charge < -0.3 is 20.4 Å². The summed E-state index contributed by atoms with van der Waals surface area (Å²) in [6, 6.07) is 38.5. The minimum atomic E-state index is -0.236. The van der Waals surface area contributed by atoms with E-state index in [1.165, 1.54) is 16.7 Å². The van der Waals surface area contributed by atoms with Crippen LogP contribution in [0.15, 0.2) is 114 Å². The molecular formula is C43H46ClN5O2. The molecule has 1 saturated heterocycles. The quantitative estimate of drug-likeness (QED) is 0.108. The Bertz CT molecular complexity index is 1910. The van der Waals surface area contributed by atoms with Crippen molar-refractivity contribution < 1.29 is 9.21 Å². The van der Waals surface area contributed by atoms with Gasteiger partial charge in [0.1, 0.15) is 11.5 Å². The van der Waals surface area contributed by atoms with Crippen molar-refractivity contribution in [2.45, 2.75) is 64.3 Å². The Balaban J connectivity index is 1.09. The predicted octanol–water partition coefficient (Wildman–Crippen LogP) is 8.23. The number of likely N-dealkylation sites (tertiary alicyclic amines) is 1. The lowest BCUT2D eigenvalue weighted by Gasteiger charge is -2.33. The van der Waals surface area contributed by atoms with Crippen molar-refractivity contribution in [1.29, 1.82) is 5.26 Å². The van der Waals surface area contributed by atoms with Crippen molar-refractivity contribution >= 4 is 17.5 Å². The summed E-state index contributed by atoms with van der Waals surface area (Å²) in [6.07, 6.45) is 2.71. The fourth-order valence-corrected chi connectivity index (χ4v) is 6.79. The van der Waals surface area contributed by atoms with Crippen LogP contribution in [0.4, 0.5) is 0 Å². The third-order valence-electron chi connectivity index (χ3n) is 9.71. The molecule has 1 fully saturated rings. The fraction of sp³-hybridized carbons (Fsp3) is 0.302. The third kappa shape index (κ3) is 10.2. The van der Waals surface area contributed by atoms with E-state index in [9.17, 15) is 10.1 Å². The number of nitrogens with zero attached hydrogens (tertiary/aromatic N) is 2. The first-order valence-electron chi connectivity index (χ1n) is 17.8. The molecule has 8 heteroatoms. The molecule has 0 saturated carbocycles. The van der Waals surface area contributed by atoms with Gasteiger partial charge in [0.15, 0.2) is 0 Å². The van der Waals surface area contributed by atoms with Crippen LogP contribution >= 0.6 is 11.6 Å². The van der Waals surface area contributed by atoms with Gasteiger partial charge in [-0.2, -0.15) is 5.26 Å². The van der Waals surface area contributed by atoms with Crippen LogP contribution in [0.25, 0.3) is 11.3 Å². The maximum Gasteiger partial charge on any atom is 0.253 e. The van der Waals surface area contributed by atoms with Crippen molar-refractivity contribution in [3.8, 4) is 17.4 Å². The number of amides is 1. The lowest BCUT2D eigenvalue weighted by atomic mass is 10.0. The van der Waals surface area contributed by atoms with Crippen LogP contribution in [0.3, 0.4) is 0 Å². The second-order valence-corrected chi connectivity index (χ2v) is 14.0. The topological polar surface area (TPSA) is 93.3 Å². The lowest BCUT2D eigenvalue weighted by molar-refractivity contribution is 0.0934. The van der Waals surface area contributed by atoms with Gasteiger partial charge in [0, 0.05) is 36.8 Å². The first kappa shape index (κ1) is 36.1. The van der Waals surface area contributed by atoms with Gasteiger partial charge in [0.25, 0.3) is 5.91 Å². The number of carbonyl (C=O) groups excluding carboxylic acids is 1. The molecule has 51 heavy (non-hydrogen) atoms. The molecule has 7 nitrogen and oxygen atoms in total. The predicted molar refractivity (Wildman–Crippen MR) is 204 cm³/mol. The van der Waals surface area contributed by atoms with Crippen LogP contribution in [0.1, 0.15) is 69.7 Å². The van der Waals surface area contributed by atoms with E-state index < -0.39 is 0 Å². The Labute approximate surface area is 306 Å². The minimum absolute atomic E-state index is 0.171. The molecule has 262 valence electrons. The number of piperidine rings is 1. The number of halogens is 1. The molecule has 1 aromatic heterocycles. The maximum absolute atomic E-state index is 13.8. The number of rotatable bonds is 14. The van der Waals surface area contributed by atoms with Gasteiger partial charge in [-0.05, 0) is 105 Å². The van der Waals surface area contributed by atoms with Crippen molar-refractivity contribution in [2.75, 3.05) is 19.6 Å². The molecule has 0 unspecified atom stereocenters. The number of benzene rings is 4. The highest BCUT2D eigenvalue weighted by Gasteiger charge is 2.23. The molecule has 3 N–H and O–H groups in total. The monoisotopic (exact) mass is 699 g/mol. The molecule has 0 spiro atoms. The summed E-state index contributed by atoms with van der Waals surface area (Å²) in [5.41, 5.74) is 6.64. The van der Waals surface area contributed by atoms with E-state index in [2.05, 4.69) is 95.4 Å². The summed E-state index contributed by atoms with van der Waals surface area (Å²) in [6.45, 7) is 8.43. The average Bonchev–Trinajstić information content (AvgIpc) is 3.64. The molecule has 5 aromatic rings. The van der Waals surface area contributed by atoms with Gasteiger partial charge in [0.2, 0.25) is 0 Å². The average molecular weight is 700 g/mol. The van der Waals surface area contributed by atoms with E-state index in [1.54, 1.807) is 12.1 Å². The molecular weight excluding hydrogens is 654 g/mol. The molecule has 6 rings (SSSR count). The van der Waals surface area contributed by atoms with E-state index in [4.69, 9.17) is 16.0 Å². The van der Waals surface area contributed by atoms with Gasteiger partial charge in [0.05, 0.1) is 28.8 Å². The molecule has 0 radical (unpaired) electrons. The van der Waals surface area contributed by atoms with Crippen molar-refractivity contribution in [3.63, 3.8) is 0 Å². The summed E-state index contributed by atoms with van der Waals surface area (Å²) in [5.74, 6) is 1.25. The van der Waals surface area contributed by atoms with Gasteiger partial charge in [-0.1, -0.05) is 83.9 Å². The maximum atomic E-state index is 13.8. The van der Waals surface area contributed by atoms with Crippen LogP contribution in [-0.4, -0.2) is 42.5 Å². The summed E-state index contributed by atoms with van der Waals surface area (Å²) in [4.78, 5) is 16.3. The highest BCUT2D eigenvalue weighted by molar-refractivity contribution is 6.34. The number of hydrogen-bond donors (Lipinski definition) is 3. The van der Waals surface area contributed by atoms with Crippen molar-refractivity contribution in [3.05, 3.63) is 153 Å². The Hall–Kier alpha value is -4.71. The zero-order valence-electron chi connectivity index (χ0n) is 29.4. The normalized spacial score (nSPS) is 14.9. The molecule has 2 heterocycles. The number of hydrogen-bond acceptors (Lipinski definition) is 6. The first-order valence-corrected chi connectivity index (χ1v) is 18.2. The van der Waals surface area contributed by atoms with Crippen LogP contribution in [0.5, 0.6) is 0 Å². The van der Waals surface area contributed by atoms with Crippen LogP contribution in [0.2, 0.25) is 5.02 Å².